The third kappa shape index (κ3) is 3.95. The van der Waals surface area contributed by atoms with Crippen LogP contribution in [0.25, 0.3) is 0 Å². The fourth-order valence-corrected chi connectivity index (χ4v) is 9.25. The summed E-state index contributed by atoms with van der Waals surface area (Å²) in [6.45, 7) is 6.69. The van der Waals surface area contributed by atoms with Crippen molar-refractivity contribution in [2.45, 2.75) is 85.6 Å². The number of allylic oxidation sites excluding steroid dienone is 2. The molecule has 3 heteroatoms. The summed E-state index contributed by atoms with van der Waals surface area (Å²) in [6.07, 6.45) is 9.37. The maximum absolute atomic E-state index is 10.9. The number of phenolic OH excluding ortho intramolecular Hbond substituents is 1. The minimum atomic E-state index is -2.08. The van der Waals surface area contributed by atoms with Gasteiger partial charge in [0.1, 0.15) is 0 Å². The second kappa shape index (κ2) is 7.41. The van der Waals surface area contributed by atoms with E-state index in [9.17, 15) is 5.11 Å². The Morgan fingerprint density at radius 3 is 2.58 bits per heavy atom. The van der Waals surface area contributed by atoms with Gasteiger partial charge in [0.05, 0.1) is 0 Å². The van der Waals surface area contributed by atoms with Crippen molar-refractivity contribution in [2.24, 2.45) is 5.92 Å². The van der Waals surface area contributed by atoms with E-state index in [0.29, 0.717) is 17.6 Å². The number of rotatable bonds is 5. The standard InChI is InChI=1S/C20H27O2.3CH3.Sn/c1-4-5-6-9-14-12-17(21)19-15-10-7-8-11-16(15)20(2,3)22-18(19)13-14;;;;/h8,12-13,15-16,21H,4-6,9-11H2,1-3H3;3*1H3;/t15-,16-;;;;/m1..../s1. The molecule has 0 fully saturated rings. The van der Waals surface area contributed by atoms with Gasteiger partial charge in [-0.2, -0.15) is 0 Å². The quantitative estimate of drug-likeness (QED) is 0.394. The molecule has 2 nitrogen and oxygen atoms in total. The van der Waals surface area contributed by atoms with Gasteiger partial charge >= 0.3 is 164 Å². The van der Waals surface area contributed by atoms with Crippen molar-refractivity contribution in [1.29, 1.82) is 0 Å². The van der Waals surface area contributed by atoms with Gasteiger partial charge in [-0.1, -0.05) is 0 Å². The maximum atomic E-state index is 10.9. The first-order chi connectivity index (χ1) is 12.1. The van der Waals surface area contributed by atoms with Crippen LogP contribution < -0.4 is 4.74 Å². The molecule has 0 radical (unpaired) electrons. The molecule has 3 rings (SSSR count). The molecule has 1 aromatic carbocycles. The van der Waals surface area contributed by atoms with E-state index in [1.54, 1.807) is 3.59 Å². The van der Waals surface area contributed by atoms with Crippen molar-refractivity contribution in [1.82, 2.24) is 0 Å². The number of aromatic hydroxyl groups is 1. The number of unbranched alkanes of at least 4 members (excludes halogenated alkanes) is 2. The number of benzene rings is 1. The van der Waals surface area contributed by atoms with Crippen molar-refractivity contribution in [2.75, 3.05) is 0 Å². The van der Waals surface area contributed by atoms with Crippen LogP contribution in [0.3, 0.4) is 0 Å². The average Bonchev–Trinajstić information content (AvgIpc) is 2.53. The van der Waals surface area contributed by atoms with E-state index in [0.717, 1.165) is 30.6 Å². The van der Waals surface area contributed by atoms with Crippen LogP contribution in [0.4, 0.5) is 0 Å². The first-order valence-corrected chi connectivity index (χ1v) is 20.4. The molecule has 0 unspecified atom stereocenters. The van der Waals surface area contributed by atoms with E-state index >= 15 is 0 Å². The Labute approximate surface area is 163 Å². The molecule has 0 spiro atoms. The normalized spacial score (nSPS) is 24.3. The van der Waals surface area contributed by atoms with Crippen molar-refractivity contribution >= 4 is 18.4 Å². The van der Waals surface area contributed by atoms with E-state index < -0.39 is 18.4 Å². The Balaban J connectivity index is 1.98. The first kappa shape index (κ1) is 20.1. The summed E-state index contributed by atoms with van der Waals surface area (Å²) in [6, 6.07) is 4.21. The molecule has 0 saturated carbocycles. The Morgan fingerprint density at radius 2 is 1.92 bits per heavy atom. The predicted octanol–water partition coefficient (Wildman–Crippen LogP) is 6.59. The molecule has 1 aromatic rings. The number of hydrogen-bond donors (Lipinski definition) is 1. The zero-order valence-corrected chi connectivity index (χ0v) is 20.3. The summed E-state index contributed by atoms with van der Waals surface area (Å²) in [5, 5.41) is 10.9. The number of fused-ring (bicyclic) bond motifs is 3. The summed E-state index contributed by atoms with van der Waals surface area (Å²) in [7, 11) is 0. The summed E-state index contributed by atoms with van der Waals surface area (Å²) in [5.74, 6) is 2.25. The second-order valence-electron chi connectivity index (χ2n) is 9.82. The molecule has 2 atom stereocenters. The van der Waals surface area contributed by atoms with Gasteiger partial charge in [0, 0.05) is 0 Å². The van der Waals surface area contributed by atoms with Gasteiger partial charge in [0.25, 0.3) is 0 Å². The Hall–Kier alpha value is -0.641. The molecule has 0 aromatic heterocycles. The van der Waals surface area contributed by atoms with Gasteiger partial charge in [0.2, 0.25) is 0 Å². The molecule has 0 amide bonds. The Bertz CT molecular complexity index is 697. The molecule has 26 heavy (non-hydrogen) atoms. The first-order valence-electron chi connectivity index (χ1n) is 10.4. The van der Waals surface area contributed by atoms with E-state index in [-0.39, 0.29) is 5.60 Å². The third-order valence-electron chi connectivity index (χ3n) is 6.39. The van der Waals surface area contributed by atoms with E-state index in [1.165, 1.54) is 24.8 Å². The summed E-state index contributed by atoms with van der Waals surface area (Å²) >= 11 is -2.08. The molecule has 1 N–H and O–H groups in total. The Kier molecular flexibility index (Phi) is 5.73. The van der Waals surface area contributed by atoms with Gasteiger partial charge < -0.3 is 0 Å². The molecule has 1 heterocycles. The van der Waals surface area contributed by atoms with Gasteiger partial charge in [-0.3, -0.25) is 0 Å². The van der Waals surface area contributed by atoms with E-state index in [1.807, 2.05) is 6.07 Å². The SMILES string of the molecule is CCCCCc1cc(O)c2c(c1)OC(C)(C)[C@@H]1CC=[C]([Sn]([CH3])([CH3])[CH3])C[C@@H]21. The average molecular weight is 463 g/mol. The molecule has 1 aliphatic carbocycles. The van der Waals surface area contributed by atoms with Gasteiger partial charge in [-0.15, -0.1) is 0 Å². The van der Waals surface area contributed by atoms with Crippen molar-refractivity contribution in [3.05, 3.63) is 32.9 Å². The van der Waals surface area contributed by atoms with Crippen molar-refractivity contribution in [3.8, 4) is 11.5 Å². The molecule has 0 bridgehead atoms. The second-order valence-corrected chi connectivity index (χ2v) is 24.5. The molecule has 1 aliphatic heterocycles. The number of phenols is 1. The molecular weight excluding hydrogens is 427 g/mol. The summed E-state index contributed by atoms with van der Waals surface area (Å²) in [4.78, 5) is 7.51. The van der Waals surface area contributed by atoms with Crippen LogP contribution in [-0.2, 0) is 6.42 Å². The zero-order chi connectivity index (χ0) is 19.1. The van der Waals surface area contributed by atoms with Crippen LogP contribution in [0.2, 0.25) is 14.8 Å². The molecule has 2 aliphatic rings. The van der Waals surface area contributed by atoms with E-state index in [2.05, 4.69) is 47.7 Å². The summed E-state index contributed by atoms with van der Waals surface area (Å²) < 4.78 is 8.18. The predicted molar refractivity (Wildman–Crippen MR) is 113 cm³/mol. The van der Waals surface area contributed by atoms with Crippen LogP contribution in [0.5, 0.6) is 11.5 Å². The zero-order valence-electron chi connectivity index (χ0n) is 17.5. The Morgan fingerprint density at radius 1 is 1.19 bits per heavy atom. The molecular formula is C23H36O2Sn. The van der Waals surface area contributed by atoms with Gasteiger partial charge in [-0.05, 0) is 0 Å². The topological polar surface area (TPSA) is 29.5 Å². The number of aryl methyl sites for hydroxylation is 1. The van der Waals surface area contributed by atoms with Crippen LogP contribution in [0.1, 0.15) is 69.9 Å². The van der Waals surface area contributed by atoms with E-state index in [4.69, 9.17) is 4.74 Å². The summed E-state index contributed by atoms with van der Waals surface area (Å²) in [5.41, 5.74) is 2.11. The van der Waals surface area contributed by atoms with Crippen molar-refractivity contribution in [3.63, 3.8) is 0 Å². The monoisotopic (exact) mass is 464 g/mol. The minimum absolute atomic E-state index is 0.179. The van der Waals surface area contributed by atoms with Crippen LogP contribution in [0, 0.1) is 5.92 Å². The van der Waals surface area contributed by atoms with Crippen LogP contribution in [0.15, 0.2) is 21.8 Å². The third-order valence-corrected chi connectivity index (χ3v) is 13.1. The molecule has 144 valence electrons. The number of ether oxygens (including phenoxy) is 1. The molecule has 0 saturated heterocycles. The van der Waals surface area contributed by atoms with Gasteiger partial charge in [0.15, 0.2) is 0 Å². The van der Waals surface area contributed by atoms with Crippen LogP contribution in [-0.4, -0.2) is 29.1 Å². The van der Waals surface area contributed by atoms with Crippen molar-refractivity contribution < 1.29 is 9.84 Å². The van der Waals surface area contributed by atoms with Gasteiger partial charge in [-0.25, -0.2) is 0 Å². The fourth-order valence-electron chi connectivity index (χ4n) is 4.79. The van der Waals surface area contributed by atoms with Crippen LogP contribution >= 0.6 is 0 Å². The number of hydrogen-bond acceptors (Lipinski definition) is 2. The fraction of sp³-hybridized carbons (Fsp3) is 0.652.